The number of benzene rings is 2. The van der Waals surface area contributed by atoms with Crippen molar-refractivity contribution >= 4 is 29.0 Å². The van der Waals surface area contributed by atoms with Gasteiger partial charge in [0, 0.05) is 17.1 Å². The van der Waals surface area contributed by atoms with E-state index in [4.69, 9.17) is 0 Å². The molecule has 31 heavy (non-hydrogen) atoms. The molecule has 1 aliphatic carbocycles. The van der Waals surface area contributed by atoms with Gasteiger partial charge >= 0.3 is 0 Å². The first-order valence-electron chi connectivity index (χ1n) is 10.3. The Morgan fingerprint density at radius 3 is 2.55 bits per heavy atom. The Kier molecular flexibility index (Phi) is 6.36. The summed E-state index contributed by atoms with van der Waals surface area (Å²) in [5, 5.41) is 8.57. The fourth-order valence-corrected chi connectivity index (χ4v) is 4.40. The predicted molar refractivity (Wildman–Crippen MR) is 117 cm³/mol. The summed E-state index contributed by atoms with van der Waals surface area (Å²) in [5.74, 6) is -1.15. The Bertz CT molecular complexity index is 1050. The van der Waals surface area contributed by atoms with Gasteiger partial charge in [0.1, 0.15) is 11.9 Å². The Labute approximate surface area is 184 Å². The standard InChI is InChI=1S/C23H23FN4O2S/c1-15-5-4-6-16(13-15)21(22(29)25-18-7-2-3-8-18)28(19-11-9-17(24)10-12-19)23(30)20-14-31-27-26-20/h4-6,9-14,18,21H,2-3,7-8H2,1H3,(H,25,29)/t21-/m1/s1. The van der Waals surface area contributed by atoms with Crippen molar-refractivity contribution in [2.24, 2.45) is 0 Å². The third-order valence-electron chi connectivity index (χ3n) is 5.47. The Morgan fingerprint density at radius 1 is 1.16 bits per heavy atom. The van der Waals surface area contributed by atoms with Crippen molar-refractivity contribution in [2.75, 3.05) is 4.90 Å². The molecule has 0 radical (unpaired) electrons. The number of carbonyl (C=O) groups excluding carboxylic acids is 2. The van der Waals surface area contributed by atoms with E-state index in [1.165, 1.54) is 29.2 Å². The zero-order chi connectivity index (χ0) is 21.8. The lowest BCUT2D eigenvalue weighted by atomic mass is 10.00. The molecule has 2 aromatic carbocycles. The van der Waals surface area contributed by atoms with Gasteiger partial charge in [0.2, 0.25) is 5.91 Å². The summed E-state index contributed by atoms with van der Waals surface area (Å²) in [6.07, 6.45) is 4.00. The fourth-order valence-electron chi connectivity index (χ4n) is 3.97. The number of rotatable bonds is 6. The van der Waals surface area contributed by atoms with E-state index in [2.05, 4.69) is 14.9 Å². The van der Waals surface area contributed by atoms with Gasteiger partial charge in [-0.15, -0.1) is 5.10 Å². The van der Waals surface area contributed by atoms with Gasteiger partial charge < -0.3 is 5.32 Å². The molecule has 2 amide bonds. The number of nitrogens with one attached hydrogen (secondary N) is 1. The summed E-state index contributed by atoms with van der Waals surface area (Å²) in [6.45, 7) is 1.93. The summed E-state index contributed by atoms with van der Waals surface area (Å²) in [5.41, 5.74) is 2.20. The summed E-state index contributed by atoms with van der Waals surface area (Å²) < 4.78 is 17.4. The molecule has 1 atom stereocenters. The summed E-state index contributed by atoms with van der Waals surface area (Å²) in [4.78, 5) is 28.4. The monoisotopic (exact) mass is 438 g/mol. The number of amides is 2. The highest BCUT2D eigenvalue weighted by Gasteiger charge is 2.35. The molecule has 0 spiro atoms. The van der Waals surface area contributed by atoms with Crippen LogP contribution in [0.5, 0.6) is 0 Å². The molecule has 3 aromatic rings. The smallest absolute Gasteiger partial charge is 0.280 e. The topological polar surface area (TPSA) is 75.2 Å². The van der Waals surface area contributed by atoms with Crippen LogP contribution in [0.15, 0.2) is 53.9 Å². The minimum absolute atomic E-state index is 0.0888. The molecule has 1 saturated carbocycles. The lowest BCUT2D eigenvalue weighted by Gasteiger charge is -2.32. The highest BCUT2D eigenvalue weighted by atomic mass is 32.1. The largest absolute Gasteiger partial charge is 0.351 e. The maximum atomic E-state index is 13.6. The van der Waals surface area contributed by atoms with Gasteiger partial charge in [0.05, 0.1) is 0 Å². The molecule has 1 aliphatic rings. The number of aromatic nitrogens is 2. The van der Waals surface area contributed by atoms with Crippen LogP contribution in [0.4, 0.5) is 10.1 Å². The molecule has 1 aromatic heterocycles. The summed E-state index contributed by atoms with van der Waals surface area (Å²) in [6, 6.07) is 12.2. The summed E-state index contributed by atoms with van der Waals surface area (Å²) >= 11 is 1.06. The molecule has 1 N–H and O–H groups in total. The average molecular weight is 439 g/mol. The van der Waals surface area contributed by atoms with E-state index in [-0.39, 0.29) is 17.6 Å². The van der Waals surface area contributed by atoms with Crippen LogP contribution in [-0.2, 0) is 4.79 Å². The van der Waals surface area contributed by atoms with E-state index < -0.39 is 17.8 Å². The lowest BCUT2D eigenvalue weighted by Crippen LogP contribution is -2.46. The third kappa shape index (κ3) is 4.80. The number of hydrogen-bond donors (Lipinski definition) is 1. The van der Waals surface area contributed by atoms with E-state index in [0.717, 1.165) is 42.8 Å². The normalized spacial score (nSPS) is 14.9. The molecule has 0 unspecified atom stereocenters. The van der Waals surface area contributed by atoms with Crippen molar-refractivity contribution in [2.45, 2.75) is 44.7 Å². The quantitative estimate of drug-likeness (QED) is 0.618. The van der Waals surface area contributed by atoms with Crippen molar-refractivity contribution in [3.8, 4) is 0 Å². The van der Waals surface area contributed by atoms with Crippen molar-refractivity contribution in [3.05, 3.63) is 76.5 Å². The second kappa shape index (κ2) is 9.34. The van der Waals surface area contributed by atoms with Crippen LogP contribution in [0.25, 0.3) is 0 Å². The van der Waals surface area contributed by atoms with Crippen molar-refractivity contribution in [1.82, 2.24) is 14.9 Å². The molecular formula is C23H23FN4O2S. The number of hydrogen-bond acceptors (Lipinski definition) is 5. The van der Waals surface area contributed by atoms with Crippen molar-refractivity contribution in [1.29, 1.82) is 0 Å². The van der Waals surface area contributed by atoms with Gasteiger partial charge in [0.25, 0.3) is 5.91 Å². The molecule has 0 bridgehead atoms. The maximum Gasteiger partial charge on any atom is 0.280 e. The molecule has 1 heterocycles. The zero-order valence-electron chi connectivity index (χ0n) is 17.1. The molecule has 6 nitrogen and oxygen atoms in total. The van der Waals surface area contributed by atoms with Crippen LogP contribution in [0.2, 0.25) is 0 Å². The van der Waals surface area contributed by atoms with E-state index >= 15 is 0 Å². The SMILES string of the molecule is Cc1cccc([C@H](C(=O)NC2CCCC2)N(C(=O)c2csnn2)c2ccc(F)cc2)c1. The first-order valence-corrected chi connectivity index (χ1v) is 11.1. The fraction of sp³-hybridized carbons (Fsp3) is 0.304. The van der Waals surface area contributed by atoms with E-state index in [1.54, 1.807) is 5.38 Å². The predicted octanol–water partition coefficient (Wildman–Crippen LogP) is 4.43. The van der Waals surface area contributed by atoms with Gasteiger partial charge in [-0.25, -0.2) is 4.39 Å². The zero-order valence-corrected chi connectivity index (χ0v) is 17.9. The molecule has 1 fully saturated rings. The van der Waals surface area contributed by atoms with Crippen molar-refractivity contribution in [3.63, 3.8) is 0 Å². The average Bonchev–Trinajstić information content (AvgIpc) is 3.46. The molecule has 0 aliphatic heterocycles. The van der Waals surface area contributed by atoms with Crippen LogP contribution >= 0.6 is 11.5 Å². The highest BCUT2D eigenvalue weighted by molar-refractivity contribution is 7.03. The Morgan fingerprint density at radius 2 is 1.90 bits per heavy atom. The van der Waals surface area contributed by atoms with E-state index in [0.29, 0.717) is 11.3 Å². The highest BCUT2D eigenvalue weighted by Crippen LogP contribution is 2.31. The minimum Gasteiger partial charge on any atom is -0.351 e. The molecule has 160 valence electrons. The van der Waals surface area contributed by atoms with Crippen LogP contribution < -0.4 is 10.2 Å². The van der Waals surface area contributed by atoms with Crippen LogP contribution in [-0.4, -0.2) is 27.4 Å². The van der Waals surface area contributed by atoms with Gasteiger partial charge in [0.15, 0.2) is 5.69 Å². The van der Waals surface area contributed by atoms with Crippen LogP contribution in [0, 0.1) is 12.7 Å². The number of halogens is 1. The summed E-state index contributed by atoms with van der Waals surface area (Å²) in [7, 11) is 0. The van der Waals surface area contributed by atoms with Gasteiger partial charge in [-0.2, -0.15) is 0 Å². The lowest BCUT2D eigenvalue weighted by molar-refractivity contribution is -0.123. The van der Waals surface area contributed by atoms with Crippen LogP contribution in [0.1, 0.15) is 53.3 Å². The second-order valence-corrected chi connectivity index (χ2v) is 8.36. The molecule has 0 saturated heterocycles. The van der Waals surface area contributed by atoms with Crippen LogP contribution in [0.3, 0.4) is 0 Å². The van der Waals surface area contributed by atoms with E-state index in [9.17, 15) is 14.0 Å². The van der Waals surface area contributed by atoms with Gasteiger partial charge in [-0.3, -0.25) is 14.5 Å². The maximum absolute atomic E-state index is 13.6. The Balaban J connectivity index is 1.80. The number of anilines is 1. The first-order chi connectivity index (χ1) is 15.0. The molecular weight excluding hydrogens is 415 g/mol. The number of carbonyl (C=O) groups is 2. The molecule has 8 heteroatoms. The number of nitrogens with zero attached hydrogens (tertiary/aromatic N) is 3. The van der Waals surface area contributed by atoms with E-state index in [1.807, 2.05) is 31.2 Å². The molecule has 4 rings (SSSR count). The third-order valence-corrected chi connectivity index (χ3v) is 5.97. The number of aryl methyl sites for hydroxylation is 1. The first kappa shape index (κ1) is 21.1. The Hall–Kier alpha value is -3.13. The minimum atomic E-state index is -0.930. The second-order valence-electron chi connectivity index (χ2n) is 7.75. The van der Waals surface area contributed by atoms with Gasteiger partial charge in [-0.1, -0.05) is 47.2 Å². The van der Waals surface area contributed by atoms with Gasteiger partial charge in [-0.05, 0) is 61.1 Å². The van der Waals surface area contributed by atoms with Crippen molar-refractivity contribution < 1.29 is 14.0 Å².